The maximum absolute atomic E-state index is 11.9. The number of ether oxygens (including phenoxy) is 4. The van der Waals surface area contributed by atoms with Crippen molar-refractivity contribution < 1.29 is 28.5 Å². The summed E-state index contributed by atoms with van der Waals surface area (Å²) in [5.41, 5.74) is -0.214. The van der Waals surface area contributed by atoms with Gasteiger partial charge in [-0.2, -0.15) is 0 Å². The van der Waals surface area contributed by atoms with Crippen LogP contribution in [0.4, 0.5) is 4.79 Å². The number of pyridine rings is 1. The normalized spacial score (nSPS) is 12.2. The summed E-state index contributed by atoms with van der Waals surface area (Å²) >= 11 is 6.04. The van der Waals surface area contributed by atoms with E-state index in [1.54, 1.807) is 32.9 Å². The van der Waals surface area contributed by atoms with Crippen molar-refractivity contribution in [1.29, 1.82) is 0 Å². The standard InChI is InChI=1S/C16H23ClN2O6/c1-16(2,3)25-15(21)19-11(14(20)23-5)8-10-6-7-12(13(17)18-10)24-9-22-4/h6-7,11H,8-9H2,1-5H3,(H,19,21)/t11-/m1/s1. The lowest BCUT2D eigenvalue weighted by molar-refractivity contribution is -0.143. The van der Waals surface area contributed by atoms with Gasteiger partial charge in [-0.1, -0.05) is 11.6 Å². The van der Waals surface area contributed by atoms with E-state index in [1.807, 2.05) is 0 Å². The summed E-state index contributed by atoms with van der Waals surface area (Å²) in [6.45, 7) is 5.20. The average Bonchev–Trinajstić information content (AvgIpc) is 2.51. The fraction of sp³-hybridized carbons (Fsp3) is 0.562. The molecule has 1 atom stereocenters. The zero-order valence-corrected chi connectivity index (χ0v) is 15.7. The number of nitrogens with one attached hydrogen (secondary N) is 1. The molecule has 0 unspecified atom stereocenters. The molecule has 1 aromatic heterocycles. The van der Waals surface area contributed by atoms with Gasteiger partial charge in [0.15, 0.2) is 17.7 Å². The van der Waals surface area contributed by atoms with Gasteiger partial charge in [0.05, 0.1) is 7.11 Å². The maximum Gasteiger partial charge on any atom is 0.408 e. The molecule has 8 nitrogen and oxygen atoms in total. The van der Waals surface area contributed by atoms with Crippen molar-refractivity contribution in [2.24, 2.45) is 0 Å². The molecule has 1 N–H and O–H groups in total. The maximum atomic E-state index is 11.9. The van der Waals surface area contributed by atoms with Gasteiger partial charge >= 0.3 is 12.1 Å². The molecule has 1 amide bonds. The number of hydrogen-bond acceptors (Lipinski definition) is 7. The Morgan fingerprint density at radius 3 is 2.48 bits per heavy atom. The zero-order chi connectivity index (χ0) is 19.0. The van der Waals surface area contributed by atoms with Crippen molar-refractivity contribution >= 4 is 23.7 Å². The zero-order valence-electron chi connectivity index (χ0n) is 14.9. The van der Waals surface area contributed by atoms with Crippen LogP contribution in [0.5, 0.6) is 5.75 Å². The fourth-order valence-corrected chi connectivity index (χ4v) is 2.02. The molecular weight excluding hydrogens is 352 g/mol. The molecule has 1 aromatic rings. The SMILES string of the molecule is COCOc1ccc(C[C@@H](NC(=O)OC(C)(C)C)C(=O)OC)nc1Cl. The smallest absolute Gasteiger partial charge is 0.408 e. The number of hydrogen-bond donors (Lipinski definition) is 1. The third-order valence-electron chi connectivity index (χ3n) is 2.79. The van der Waals surface area contributed by atoms with Crippen LogP contribution in [-0.4, -0.2) is 49.7 Å². The largest absolute Gasteiger partial charge is 0.467 e. The second-order valence-electron chi connectivity index (χ2n) is 6.07. The molecule has 140 valence electrons. The van der Waals surface area contributed by atoms with Crippen molar-refractivity contribution in [3.05, 3.63) is 23.0 Å². The average molecular weight is 375 g/mol. The van der Waals surface area contributed by atoms with E-state index in [1.165, 1.54) is 14.2 Å². The highest BCUT2D eigenvalue weighted by Gasteiger charge is 2.26. The molecule has 1 rings (SSSR count). The number of nitrogens with zero attached hydrogens (tertiary/aromatic N) is 1. The Bertz CT molecular complexity index is 603. The van der Waals surface area contributed by atoms with Gasteiger partial charge in [-0.15, -0.1) is 0 Å². The molecular formula is C16H23ClN2O6. The van der Waals surface area contributed by atoms with Gasteiger partial charge in [-0.25, -0.2) is 14.6 Å². The van der Waals surface area contributed by atoms with Crippen molar-refractivity contribution in [2.75, 3.05) is 21.0 Å². The van der Waals surface area contributed by atoms with Crippen LogP contribution in [0.25, 0.3) is 0 Å². The lowest BCUT2D eigenvalue weighted by Gasteiger charge is -2.22. The number of halogens is 1. The van der Waals surface area contributed by atoms with E-state index in [9.17, 15) is 9.59 Å². The Balaban J connectivity index is 2.83. The third-order valence-corrected chi connectivity index (χ3v) is 3.07. The number of alkyl carbamates (subject to hydrolysis) is 1. The molecule has 25 heavy (non-hydrogen) atoms. The van der Waals surface area contributed by atoms with Crippen LogP contribution in [0.2, 0.25) is 5.15 Å². The first kappa shape index (κ1) is 21.0. The first-order chi connectivity index (χ1) is 11.7. The van der Waals surface area contributed by atoms with Crippen LogP contribution >= 0.6 is 11.6 Å². The molecule has 0 aromatic carbocycles. The first-order valence-corrected chi connectivity index (χ1v) is 7.88. The molecule has 0 spiro atoms. The van der Waals surface area contributed by atoms with Crippen LogP contribution in [0, 0.1) is 0 Å². The molecule has 0 aliphatic rings. The minimum atomic E-state index is -0.964. The highest BCUT2D eigenvalue weighted by Crippen LogP contribution is 2.22. The fourth-order valence-electron chi connectivity index (χ4n) is 1.80. The molecule has 0 fully saturated rings. The molecule has 1 heterocycles. The van der Waals surface area contributed by atoms with Gasteiger partial charge in [-0.05, 0) is 32.9 Å². The Morgan fingerprint density at radius 1 is 1.28 bits per heavy atom. The highest BCUT2D eigenvalue weighted by molar-refractivity contribution is 6.30. The van der Waals surface area contributed by atoms with E-state index < -0.39 is 23.7 Å². The van der Waals surface area contributed by atoms with E-state index in [0.29, 0.717) is 11.4 Å². The van der Waals surface area contributed by atoms with Gasteiger partial charge in [-0.3, -0.25) is 0 Å². The van der Waals surface area contributed by atoms with E-state index >= 15 is 0 Å². The highest BCUT2D eigenvalue weighted by atomic mass is 35.5. The van der Waals surface area contributed by atoms with Crippen LogP contribution in [0.3, 0.4) is 0 Å². The predicted octanol–water partition coefficient (Wildman–Crippen LogP) is 2.33. The first-order valence-electron chi connectivity index (χ1n) is 7.50. The number of amides is 1. The number of rotatable bonds is 7. The third kappa shape index (κ3) is 7.57. The molecule has 0 saturated heterocycles. The van der Waals surface area contributed by atoms with E-state index in [4.69, 9.17) is 30.5 Å². The molecule has 9 heteroatoms. The van der Waals surface area contributed by atoms with E-state index in [0.717, 1.165) is 0 Å². The Morgan fingerprint density at radius 2 is 1.96 bits per heavy atom. The van der Waals surface area contributed by atoms with Crippen LogP contribution in [0.15, 0.2) is 12.1 Å². The Kier molecular flexibility index (Phi) is 7.92. The summed E-state index contributed by atoms with van der Waals surface area (Å²) in [6, 6.07) is 2.27. The van der Waals surface area contributed by atoms with Crippen LogP contribution < -0.4 is 10.1 Å². The van der Waals surface area contributed by atoms with Gasteiger partial charge in [0.1, 0.15) is 11.6 Å². The molecule has 0 bridgehead atoms. The topological polar surface area (TPSA) is 96.0 Å². The van der Waals surface area contributed by atoms with E-state index in [2.05, 4.69) is 10.3 Å². The summed E-state index contributed by atoms with van der Waals surface area (Å²) in [7, 11) is 2.72. The second-order valence-corrected chi connectivity index (χ2v) is 6.43. The lowest BCUT2D eigenvalue weighted by Crippen LogP contribution is -2.45. The Hall–Kier alpha value is -2.06. The van der Waals surface area contributed by atoms with Crippen molar-refractivity contribution in [3.8, 4) is 5.75 Å². The number of esters is 1. The van der Waals surface area contributed by atoms with Gasteiger partial charge in [0.2, 0.25) is 0 Å². The second kappa shape index (κ2) is 9.43. The monoisotopic (exact) mass is 374 g/mol. The summed E-state index contributed by atoms with van der Waals surface area (Å²) < 4.78 is 19.9. The number of carbonyl (C=O) groups is 2. The van der Waals surface area contributed by atoms with Crippen LogP contribution in [0.1, 0.15) is 26.5 Å². The summed E-state index contributed by atoms with van der Waals surface area (Å²) in [5.74, 6) is -0.273. The van der Waals surface area contributed by atoms with E-state index in [-0.39, 0.29) is 18.4 Å². The van der Waals surface area contributed by atoms with Crippen molar-refractivity contribution in [1.82, 2.24) is 10.3 Å². The minimum absolute atomic E-state index is 0.0335. The predicted molar refractivity (Wildman–Crippen MR) is 90.6 cm³/mol. The molecule has 0 radical (unpaired) electrons. The summed E-state index contributed by atoms with van der Waals surface area (Å²) in [4.78, 5) is 28.0. The summed E-state index contributed by atoms with van der Waals surface area (Å²) in [5, 5.41) is 2.59. The molecule has 0 aliphatic heterocycles. The Labute approximate surface area is 151 Å². The number of aromatic nitrogens is 1. The molecule has 0 aliphatic carbocycles. The number of carbonyl (C=O) groups excluding carboxylic acids is 2. The summed E-state index contributed by atoms with van der Waals surface area (Å²) in [6.07, 6.45) is -0.648. The lowest BCUT2D eigenvalue weighted by atomic mass is 10.1. The quantitative estimate of drug-likeness (QED) is 0.444. The van der Waals surface area contributed by atoms with Gasteiger partial charge in [0.25, 0.3) is 0 Å². The van der Waals surface area contributed by atoms with Gasteiger partial charge in [0, 0.05) is 19.2 Å². The van der Waals surface area contributed by atoms with Crippen LogP contribution in [-0.2, 0) is 25.4 Å². The number of methoxy groups -OCH3 is 2. The van der Waals surface area contributed by atoms with Gasteiger partial charge < -0.3 is 24.3 Å². The van der Waals surface area contributed by atoms with Crippen molar-refractivity contribution in [3.63, 3.8) is 0 Å². The minimum Gasteiger partial charge on any atom is -0.467 e. The van der Waals surface area contributed by atoms with Crippen molar-refractivity contribution in [2.45, 2.75) is 38.8 Å². The molecule has 0 saturated carbocycles.